The van der Waals surface area contributed by atoms with Crippen molar-refractivity contribution in [2.75, 3.05) is 0 Å². The molecule has 1 aliphatic rings. The maximum atomic E-state index is 12.1. The second-order valence-electron chi connectivity index (χ2n) is 4.55. The molecular weight excluding hydrogens is 206 g/mol. The van der Waals surface area contributed by atoms with Gasteiger partial charge in [-0.3, -0.25) is 4.79 Å². The third-order valence-electron chi connectivity index (χ3n) is 2.97. The van der Waals surface area contributed by atoms with Crippen LogP contribution in [0.4, 0.5) is 0 Å². The lowest BCUT2D eigenvalue weighted by Gasteiger charge is -2.28. The van der Waals surface area contributed by atoms with Crippen molar-refractivity contribution in [2.45, 2.75) is 45.2 Å². The third kappa shape index (κ3) is 1.99. The minimum atomic E-state index is 0.0158. The van der Waals surface area contributed by atoms with Crippen molar-refractivity contribution in [1.82, 2.24) is 5.32 Å². The molecule has 2 atom stereocenters. The Morgan fingerprint density at radius 3 is 2.87 bits per heavy atom. The van der Waals surface area contributed by atoms with Crippen molar-refractivity contribution in [3.63, 3.8) is 0 Å². The zero-order chi connectivity index (χ0) is 11.0. The molecule has 0 saturated carbocycles. The standard InChI is InChI=1S/C12H17NOS/c1-7(2)13-11-4-9-5-15-6-10(9)8(3)12(11)14/h5-8,11,13H,4H2,1-3H3/t8-,11?/m0/s1. The maximum Gasteiger partial charge on any atom is 0.157 e. The van der Waals surface area contributed by atoms with Crippen LogP contribution in [0.1, 0.15) is 37.8 Å². The third-order valence-corrected chi connectivity index (χ3v) is 3.78. The van der Waals surface area contributed by atoms with Gasteiger partial charge in [0.1, 0.15) is 0 Å². The minimum absolute atomic E-state index is 0.0158. The van der Waals surface area contributed by atoms with Crippen molar-refractivity contribution in [3.05, 3.63) is 21.9 Å². The van der Waals surface area contributed by atoms with Crippen LogP contribution in [-0.4, -0.2) is 17.9 Å². The highest BCUT2D eigenvalue weighted by atomic mass is 32.1. The zero-order valence-electron chi connectivity index (χ0n) is 9.41. The van der Waals surface area contributed by atoms with Gasteiger partial charge in [-0.2, -0.15) is 11.3 Å². The fourth-order valence-electron chi connectivity index (χ4n) is 2.20. The SMILES string of the molecule is CC(C)NC1Cc2cscc2[C@H](C)C1=O. The molecule has 2 nitrogen and oxygen atoms in total. The van der Waals surface area contributed by atoms with Crippen LogP contribution in [0.15, 0.2) is 10.8 Å². The Morgan fingerprint density at radius 2 is 2.20 bits per heavy atom. The predicted molar refractivity (Wildman–Crippen MR) is 63.5 cm³/mol. The van der Waals surface area contributed by atoms with Crippen molar-refractivity contribution in [3.8, 4) is 0 Å². The molecule has 0 saturated heterocycles. The number of carbonyl (C=O) groups is 1. The fourth-order valence-corrected chi connectivity index (χ4v) is 3.17. The van der Waals surface area contributed by atoms with Crippen molar-refractivity contribution in [1.29, 1.82) is 0 Å². The Labute approximate surface area is 94.7 Å². The first-order valence-electron chi connectivity index (χ1n) is 5.44. The lowest BCUT2D eigenvalue weighted by Crippen LogP contribution is -2.46. The van der Waals surface area contributed by atoms with Crippen LogP contribution in [0.5, 0.6) is 0 Å². The second kappa shape index (κ2) is 4.06. The van der Waals surface area contributed by atoms with Gasteiger partial charge in [-0.25, -0.2) is 0 Å². The maximum absolute atomic E-state index is 12.1. The number of ketones is 1. The Bertz CT molecular complexity index is 369. The Hall–Kier alpha value is -0.670. The van der Waals surface area contributed by atoms with E-state index in [4.69, 9.17) is 0 Å². The predicted octanol–water partition coefficient (Wildman–Crippen LogP) is 2.34. The highest BCUT2D eigenvalue weighted by Gasteiger charge is 2.32. The number of carbonyl (C=O) groups excluding carboxylic acids is 1. The Morgan fingerprint density at radius 1 is 1.47 bits per heavy atom. The van der Waals surface area contributed by atoms with Gasteiger partial charge in [0, 0.05) is 12.0 Å². The van der Waals surface area contributed by atoms with Crippen LogP contribution in [0.25, 0.3) is 0 Å². The van der Waals surface area contributed by atoms with E-state index < -0.39 is 0 Å². The normalized spacial score (nSPS) is 25.7. The molecule has 1 heterocycles. The number of hydrogen-bond acceptors (Lipinski definition) is 3. The van der Waals surface area contributed by atoms with E-state index >= 15 is 0 Å². The quantitative estimate of drug-likeness (QED) is 0.834. The molecule has 0 radical (unpaired) electrons. The second-order valence-corrected chi connectivity index (χ2v) is 5.30. The minimum Gasteiger partial charge on any atom is -0.305 e. The summed E-state index contributed by atoms with van der Waals surface area (Å²) >= 11 is 1.70. The molecule has 0 bridgehead atoms. The molecule has 1 aromatic heterocycles. The van der Waals surface area contributed by atoms with E-state index in [-0.39, 0.29) is 12.0 Å². The molecule has 1 aliphatic carbocycles. The largest absolute Gasteiger partial charge is 0.305 e. The van der Waals surface area contributed by atoms with Gasteiger partial charge in [-0.05, 0) is 28.3 Å². The van der Waals surface area contributed by atoms with Gasteiger partial charge >= 0.3 is 0 Å². The highest BCUT2D eigenvalue weighted by molar-refractivity contribution is 7.08. The summed E-state index contributed by atoms with van der Waals surface area (Å²) in [6.45, 7) is 6.18. The fraction of sp³-hybridized carbons (Fsp3) is 0.583. The smallest absolute Gasteiger partial charge is 0.157 e. The van der Waals surface area contributed by atoms with E-state index in [1.165, 1.54) is 11.1 Å². The molecule has 3 heteroatoms. The molecule has 1 aromatic rings. The van der Waals surface area contributed by atoms with E-state index in [2.05, 4.69) is 29.9 Å². The number of fused-ring (bicyclic) bond motifs is 1. The first-order valence-corrected chi connectivity index (χ1v) is 6.38. The van der Waals surface area contributed by atoms with Gasteiger partial charge in [-0.1, -0.05) is 20.8 Å². The first kappa shape index (κ1) is 10.8. The Kier molecular flexibility index (Phi) is 2.94. The van der Waals surface area contributed by atoms with E-state index in [0.717, 1.165) is 6.42 Å². The average Bonchev–Trinajstić information content (AvgIpc) is 2.61. The van der Waals surface area contributed by atoms with E-state index in [1.54, 1.807) is 11.3 Å². The van der Waals surface area contributed by atoms with Crippen molar-refractivity contribution in [2.24, 2.45) is 0 Å². The molecule has 0 amide bonds. The number of thiophene rings is 1. The summed E-state index contributed by atoms with van der Waals surface area (Å²) in [5.41, 5.74) is 2.59. The van der Waals surface area contributed by atoms with Crippen LogP contribution in [-0.2, 0) is 11.2 Å². The molecule has 0 aliphatic heterocycles. The number of hydrogen-bond donors (Lipinski definition) is 1. The molecule has 2 rings (SSSR count). The summed E-state index contributed by atoms with van der Waals surface area (Å²) in [7, 11) is 0. The van der Waals surface area contributed by atoms with Crippen LogP contribution in [0, 0.1) is 0 Å². The van der Waals surface area contributed by atoms with Gasteiger partial charge in [0.05, 0.1) is 6.04 Å². The number of Topliss-reactive ketones (excluding diaryl/α,β-unsaturated/α-hetero) is 1. The van der Waals surface area contributed by atoms with Gasteiger partial charge in [0.2, 0.25) is 0 Å². The van der Waals surface area contributed by atoms with Gasteiger partial charge < -0.3 is 5.32 Å². The van der Waals surface area contributed by atoms with Crippen LogP contribution >= 0.6 is 11.3 Å². The van der Waals surface area contributed by atoms with Gasteiger partial charge in [0.15, 0.2) is 5.78 Å². The first-order chi connectivity index (χ1) is 7.09. The monoisotopic (exact) mass is 223 g/mol. The molecule has 0 spiro atoms. The highest BCUT2D eigenvalue weighted by Crippen LogP contribution is 2.31. The van der Waals surface area contributed by atoms with E-state index in [0.29, 0.717) is 11.8 Å². The van der Waals surface area contributed by atoms with E-state index in [1.807, 2.05) is 6.92 Å². The number of nitrogens with one attached hydrogen (secondary N) is 1. The van der Waals surface area contributed by atoms with Gasteiger partial charge in [-0.15, -0.1) is 0 Å². The lowest BCUT2D eigenvalue weighted by molar-refractivity contribution is -0.122. The molecular formula is C12H17NOS. The summed E-state index contributed by atoms with van der Waals surface area (Å²) < 4.78 is 0. The summed E-state index contributed by atoms with van der Waals surface area (Å²) in [6.07, 6.45) is 0.861. The van der Waals surface area contributed by atoms with Gasteiger partial charge in [0.25, 0.3) is 0 Å². The van der Waals surface area contributed by atoms with Crippen LogP contribution in [0.3, 0.4) is 0 Å². The summed E-state index contributed by atoms with van der Waals surface area (Å²) in [5.74, 6) is 0.408. The summed E-state index contributed by atoms with van der Waals surface area (Å²) in [5, 5.41) is 7.64. The number of rotatable bonds is 2. The molecule has 0 fully saturated rings. The van der Waals surface area contributed by atoms with Crippen LogP contribution in [0.2, 0.25) is 0 Å². The van der Waals surface area contributed by atoms with Crippen molar-refractivity contribution < 1.29 is 4.79 Å². The molecule has 82 valence electrons. The van der Waals surface area contributed by atoms with E-state index in [9.17, 15) is 4.79 Å². The topological polar surface area (TPSA) is 29.1 Å². The molecule has 1 unspecified atom stereocenters. The molecule has 0 aromatic carbocycles. The zero-order valence-corrected chi connectivity index (χ0v) is 10.2. The average molecular weight is 223 g/mol. The van der Waals surface area contributed by atoms with Crippen molar-refractivity contribution >= 4 is 17.1 Å². The van der Waals surface area contributed by atoms with Crippen LogP contribution < -0.4 is 5.32 Å². The summed E-state index contributed by atoms with van der Waals surface area (Å²) in [6, 6.07) is 0.383. The Balaban J connectivity index is 2.23. The molecule has 1 N–H and O–H groups in total. The lowest BCUT2D eigenvalue weighted by atomic mass is 9.82. The molecule has 15 heavy (non-hydrogen) atoms. The summed E-state index contributed by atoms with van der Waals surface area (Å²) in [4.78, 5) is 12.1.